The summed E-state index contributed by atoms with van der Waals surface area (Å²) in [6.45, 7) is 0.321. The van der Waals surface area contributed by atoms with Crippen LogP contribution in [0.1, 0.15) is 23.5 Å². The molecule has 26 heavy (non-hydrogen) atoms. The van der Waals surface area contributed by atoms with Crippen LogP contribution in [0.4, 0.5) is 11.4 Å². The maximum Gasteiger partial charge on any atom is 0.231 e. The Morgan fingerprint density at radius 3 is 2.50 bits per heavy atom. The average Bonchev–Trinajstić information content (AvgIpc) is 2.58. The molecule has 0 saturated carbocycles. The zero-order chi connectivity index (χ0) is 19.4. The van der Waals surface area contributed by atoms with Gasteiger partial charge in [0.15, 0.2) is 0 Å². The summed E-state index contributed by atoms with van der Waals surface area (Å²) in [5.74, 6) is -0.775. The molecule has 2 aromatic carbocycles. The Kier molecular flexibility index (Phi) is 7.32. The summed E-state index contributed by atoms with van der Waals surface area (Å²) in [6, 6.07) is 8.23. The minimum Gasteiger partial charge on any atom is -0.397 e. The Morgan fingerprint density at radius 2 is 1.92 bits per heavy atom. The Morgan fingerprint density at radius 1 is 1.23 bits per heavy atom. The molecule has 0 heterocycles. The lowest BCUT2D eigenvalue weighted by Crippen LogP contribution is -2.23. The number of anilines is 2. The molecular formula is C17H16BrCl3N4O. The van der Waals surface area contributed by atoms with Crippen LogP contribution in [0.3, 0.4) is 0 Å². The zero-order valence-electron chi connectivity index (χ0n) is 13.5. The van der Waals surface area contributed by atoms with E-state index in [0.717, 1.165) is 0 Å². The first-order chi connectivity index (χ1) is 12.2. The van der Waals surface area contributed by atoms with Gasteiger partial charge in [0, 0.05) is 15.7 Å². The number of rotatable bonds is 6. The van der Waals surface area contributed by atoms with Crippen LogP contribution >= 0.6 is 50.7 Å². The summed E-state index contributed by atoms with van der Waals surface area (Å²) < 4.78 is 0.528. The van der Waals surface area contributed by atoms with Gasteiger partial charge in [-0.15, -0.1) is 0 Å². The summed E-state index contributed by atoms with van der Waals surface area (Å²) in [5.41, 5.74) is 13.4. The smallest absolute Gasteiger partial charge is 0.231 e. The number of hydrogen-bond donors (Lipinski definition) is 4. The fraction of sp³-hybridized carbons (Fsp3) is 0.176. The van der Waals surface area contributed by atoms with Gasteiger partial charge in [-0.1, -0.05) is 40.9 Å². The molecule has 0 aliphatic carbocycles. The molecule has 2 aromatic rings. The molecule has 0 aliphatic rings. The van der Waals surface area contributed by atoms with Crippen LogP contribution < -0.4 is 16.8 Å². The van der Waals surface area contributed by atoms with Crippen molar-refractivity contribution in [3.8, 4) is 0 Å². The minimum absolute atomic E-state index is 0.220. The number of hydrogen-bond acceptors (Lipinski definition) is 4. The predicted molar refractivity (Wildman–Crippen MR) is 113 cm³/mol. The zero-order valence-corrected chi connectivity index (χ0v) is 17.3. The molecule has 0 bridgehead atoms. The van der Waals surface area contributed by atoms with Gasteiger partial charge in [0.1, 0.15) is 5.17 Å². The van der Waals surface area contributed by atoms with Gasteiger partial charge in [-0.3, -0.25) is 10.2 Å². The van der Waals surface area contributed by atoms with E-state index in [9.17, 15) is 4.79 Å². The van der Waals surface area contributed by atoms with Crippen molar-refractivity contribution in [2.45, 2.75) is 12.3 Å². The summed E-state index contributed by atoms with van der Waals surface area (Å²) in [6.07, 6.45) is 0.429. The number of nitrogens with two attached hydrogens (primary N) is 2. The lowest BCUT2D eigenvalue weighted by atomic mass is 9.94. The maximum atomic E-state index is 12.8. The van der Waals surface area contributed by atoms with E-state index in [1.54, 1.807) is 30.3 Å². The van der Waals surface area contributed by atoms with Crippen LogP contribution in [0.15, 0.2) is 34.8 Å². The number of halogens is 4. The largest absolute Gasteiger partial charge is 0.397 e. The highest BCUT2D eigenvalue weighted by atomic mass is 79.9. The molecule has 1 unspecified atom stereocenters. The molecule has 5 nitrogen and oxygen atoms in total. The molecule has 0 radical (unpaired) electrons. The lowest BCUT2D eigenvalue weighted by Gasteiger charge is -2.18. The number of amides is 1. The van der Waals surface area contributed by atoms with Crippen LogP contribution in [-0.4, -0.2) is 17.6 Å². The minimum atomic E-state index is -0.509. The van der Waals surface area contributed by atoms with Crippen molar-refractivity contribution in [2.75, 3.05) is 17.6 Å². The monoisotopic (exact) mass is 476 g/mol. The van der Waals surface area contributed by atoms with Gasteiger partial charge in [-0.2, -0.15) is 0 Å². The Hall–Kier alpha value is -1.31. The van der Waals surface area contributed by atoms with E-state index in [-0.39, 0.29) is 11.1 Å². The molecule has 6 N–H and O–H groups in total. The standard InChI is InChI=1S/C17H16BrCl3N4O/c18-12-7-9(6-11(15(12)23)16(21)24)25-17(26)10(3-4-22)8-1-2-13(19)14(20)5-8/h1-2,5-7,10,24H,3-4,22-23H2,(H,25,26). The second kappa shape index (κ2) is 9.06. The first-order valence-electron chi connectivity index (χ1n) is 7.54. The quantitative estimate of drug-likeness (QED) is 0.348. The first-order valence-corrected chi connectivity index (χ1v) is 9.46. The van der Waals surface area contributed by atoms with Crippen LogP contribution in [0.5, 0.6) is 0 Å². The predicted octanol–water partition coefficient (Wildman–Crippen LogP) is 4.97. The van der Waals surface area contributed by atoms with E-state index < -0.39 is 5.92 Å². The molecule has 0 saturated heterocycles. The molecule has 0 aromatic heterocycles. The molecule has 2 rings (SSSR count). The van der Waals surface area contributed by atoms with Gasteiger partial charge in [0.25, 0.3) is 0 Å². The molecule has 1 amide bonds. The molecular weight excluding hydrogens is 462 g/mol. The SMILES string of the molecule is N=C(Cl)c1cc(NC(=O)C(CCN)c2ccc(Cl)c(Cl)c2)cc(Br)c1N. The third-order valence-electron chi connectivity index (χ3n) is 3.75. The van der Waals surface area contributed by atoms with Crippen molar-refractivity contribution in [2.24, 2.45) is 5.73 Å². The highest BCUT2D eigenvalue weighted by Crippen LogP contribution is 2.31. The van der Waals surface area contributed by atoms with Gasteiger partial charge in [-0.05, 0) is 58.7 Å². The second-order valence-corrected chi connectivity index (χ2v) is 7.57. The Labute approximate surface area is 174 Å². The average molecular weight is 479 g/mol. The fourth-order valence-corrected chi connectivity index (χ4v) is 3.37. The molecule has 0 aliphatic heterocycles. The van der Waals surface area contributed by atoms with Gasteiger partial charge in [0.2, 0.25) is 5.91 Å². The van der Waals surface area contributed by atoms with Crippen LogP contribution in [0.25, 0.3) is 0 Å². The van der Waals surface area contributed by atoms with Crippen molar-refractivity contribution in [1.29, 1.82) is 5.41 Å². The summed E-state index contributed by atoms with van der Waals surface area (Å²) >= 11 is 21.1. The Balaban J connectivity index is 2.33. The van der Waals surface area contributed by atoms with Crippen LogP contribution in [0, 0.1) is 5.41 Å². The number of nitrogens with one attached hydrogen (secondary N) is 2. The van der Waals surface area contributed by atoms with E-state index in [4.69, 9.17) is 51.7 Å². The lowest BCUT2D eigenvalue weighted by molar-refractivity contribution is -0.117. The van der Waals surface area contributed by atoms with E-state index >= 15 is 0 Å². The first kappa shape index (κ1) is 21.0. The molecule has 1 atom stereocenters. The van der Waals surface area contributed by atoms with E-state index in [0.29, 0.717) is 50.0 Å². The van der Waals surface area contributed by atoms with E-state index in [1.165, 1.54) is 0 Å². The van der Waals surface area contributed by atoms with Crippen molar-refractivity contribution in [1.82, 2.24) is 0 Å². The number of carbonyl (C=O) groups is 1. The molecule has 0 fully saturated rings. The molecule has 0 spiro atoms. The number of benzene rings is 2. The topological polar surface area (TPSA) is 105 Å². The third-order valence-corrected chi connectivity index (χ3v) is 5.35. The third kappa shape index (κ3) is 4.90. The number of nitrogen functional groups attached to an aromatic ring is 1. The molecule has 9 heteroatoms. The summed E-state index contributed by atoms with van der Waals surface area (Å²) in [5, 5.41) is 11.0. The molecule has 138 valence electrons. The summed E-state index contributed by atoms with van der Waals surface area (Å²) in [7, 11) is 0. The summed E-state index contributed by atoms with van der Waals surface area (Å²) in [4.78, 5) is 12.8. The van der Waals surface area contributed by atoms with Gasteiger partial charge >= 0.3 is 0 Å². The maximum absolute atomic E-state index is 12.8. The number of carbonyl (C=O) groups excluding carboxylic acids is 1. The second-order valence-electron chi connectivity index (χ2n) is 5.53. The van der Waals surface area contributed by atoms with Crippen molar-refractivity contribution in [3.05, 3.63) is 56.0 Å². The van der Waals surface area contributed by atoms with Crippen LogP contribution in [-0.2, 0) is 4.79 Å². The van der Waals surface area contributed by atoms with Crippen LogP contribution in [0.2, 0.25) is 10.0 Å². The normalized spacial score (nSPS) is 11.9. The van der Waals surface area contributed by atoms with Crippen molar-refractivity contribution in [3.63, 3.8) is 0 Å². The van der Waals surface area contributed by atoms with E-state index in [1.807, 2.05) is 0 Å². The Bertz CT molecular complexity index is 860. The highest BCUT2D eigenvalue weighted by Gasteiger charge is 2.22. The van der Waals surface area contributed by atoms with E-state index in [2.05, 4.69) is 21.2 Å². The fourth-order valence-electron chi connectivity index (χ4n) is 2.45. The van der Waals surface area contributed by atoms with Gasteiger partial charge in [0.05, 0.1) is 21.7 Å². The highest BCUT2D eigenvalue weighted by molar-refractivity contribution is 9.10. The van der Waals surface area contributed by atoms with Gasteiger partial charge < -0.3 is 16.8 Å². The van der Waals surface area contributed by atoms with Crippen molar-refractivity contribution < 1.29 is 4.79 Å². The van der Waals surface area contributed by atoms with Gasteiger partial charge in [-0.25, -0.2) is 0 Å². The van der Waals surface area contributed by atoms with Crippen molar-refractivity contribution >= 4 is 73.2 Å².